The highest BCUT2D eigenvalue weighted by Crippen LogP contribution is 2.23. The van der Waals surface area contributed by atoms with Gasteiger partial charge in [0, 0.05) is 56.7 Å². The lowest BCUT2D eigenvalue weighted by atomic mass is 9.93. The lowest BCUT2D eigenvalue weighted by Crippen LogP contribution is -2.49. The van der Waals surface area contributed by atoms with Crippen LogP contribution in [0, 0.1) is 11.8 Å². The van der Waals surface area contributed by atoms with Gasteiger partial charge in [-0.15, -0.1) is 0 Å². The summed E-state index contributed by atoms with van der Waals surface area (Å²) in [5, 5.41) is 12.9. The predicted octanol–water partition coefficient (Wildman–Crippen LogP) is 2.10. The van der Waals surface area contributed by atoms with Crippen molar-refractivity contribution in [2.24, 2.45) is 11.8 Å². The third-order valence-electron chi connectivity index (χ3n) is 5.61. The molecule has 0 aromatic carbocycles. The van der Waals surface area contributed by atoms with Crippen LogP contribution in [0.4, 0.5) is 10.5 Å². The Balaban J connectivity index is 1.40. The number of hydrogen-bond acceptors (Lipinski definition) is 4. The Labute approximate surface area is 150 Å². The number of amides is 2. The summed E-state index contributed by atoms with van der Waals surface area (Å²) in [6, 6.07) is 4.13. The van der Waals surface area contributed by atoms with Crippen molar-refractivity contribution in [2.75, 3.05) is 37.6 Å². The molecular formula is C19H30N4O2. The van der Waals surface area contributed by atoms with Gasteiger partial charge >= 0.3 is 6.03 Å². The van der Waals surface area contributed by atoms with Gasteiger partial charge in [-0.25, -0.2) is 4.79 Å². The van der Waals surface area contributed by atoms with E-state index in [1.54, 1.807) is 0 Å². The van der Waals surface area contributed by atoms with Gasteiger partial charge in [-0.3, -0.25) is 4.98 Å². The average Bonchev–Trinajstić information content (AvgIpc) is 2.67. The number of urea groups is 1. The van der Waals surface area contributed by atoms with E-state index >= 15 is 0 Å². The fourth-order valence-electron chi connectivity index (χ4n) is 3.88. The van der Waals surface area contributed by atoms with Crippen LogP contribution >= 0.6 is 0 Å². The third-order valence-corrected chi connectivity index (χ3v) is 5.61. The Bertz CT molecular complexity index is 544. The van der Waals surface area contributed by atoms with Gasteiger partial charge in [0.1, 0.15) is 0 Å². The maximum Gasteiger partial charge on any atom is 0.317 e. The Morgan fingerprint density at radius 1 is 1.28 bits per heavy atom. The largest absolute Gasteiger partial charge is 0.393 e. The Kier molecular flexibility index (Phi) is 6.13. The molecule has 6 nitrogen and oxygen atoms in total. The van der Waals surface area contributed by atoms with Gasteiger partial charge in [0.05, 0.1) is 6.10 Å². The number of likely N-dealkylation sites (tertiary alicyclic amines) is 1. The van der Waals surface area contributed by atoms with Crippen molar-refractivity contribution in [3.63, 3.8) is 0 Å². The average molecular weight is 346 g/mol. The number of carbonyl (C=O) groups is 1. The maximum atomic E-state index is 12.4. The monoisotopic (exact) mass is 346 g/mol. The van der Waals surface area contributed by atoms with E-state index in [2.05, 4.69) is 27.3 Å². The minimum Gasteiger partial charge on any atom is -0.393 e. The first-order chi connectivity index (χ1) is 12.1. The summed E-state index contributed by atoms with van der Waals surface area (Å²) in [7, 11) is 0. The van der Waals surface area contributed by atoms with Gasteiger partial charge in [0.25, 0.3) is 0 Å². The number of anilines is 1. The number of aromatic nitrogens is 1. The van der Waals surface area contributed by atoms with Crippen molar-refractivity contribution in [1.82, 2.24) is 15.2 Å². The second kappa shape index (κ2) is 8.52. The van der Waals surface area contributed by atoms with E-state index in [0.29, 0.717) is 12.5 Å². The van der Waals surface area contributed by atoms with Crippen molar-refractivity contribution < 1.29 is 9.90 Å². The molecule has 2 unspecified atom stereocenters. The van der Waals surface area contributed by atoms with E-state index in [4.69, 9.17) is 0 Å². The smallest absolute Gasteiger partial charge is 0.317 e. The van der Waals surface area contributed by atoms with Gasteiger partial charge in [0.2, 0.25) is 0 Å². The number of rotatable bonds is 4. The first-order valence-electron chi connectivity index (χ1n) is 9.49. The van der Waals surface area contributed by atoms with Crippen molar-refractivity contribution in [3.8, 4) is 0 Å². The molecule has 138 valence electrons. The fourth-order valence-corrected chi connectivity index (χ4v) is 3.88. The molecule has 1 aromatic rings. The number of carbonyl (C=O) groups excluding carboxylic acids is 1. The van der Waals surface area contributed by atoms with Gasteiger partial charge in [-0.2, -0.15) is 0 Å². The van der Waals surface area contributed by atoms with Crippen molar-refractivity contribution in [3.05, 3.63) is 24.5 Å². The van der Waals surface area contributed by atoms with E-state index in [-0.39, 0.29) is 18.1 Å². The topological polar surface area (TPSA) is 68.7 Å². The molecule has 1 aromatic heterocycles. The number of aliphatic hydroxyl groups is 1. The molecule has 2 fully saturated rings. The molecular weight excluding hydrogens is 316 g/mol. The van der Waals surface area contributed by atoms with Crippen molar-refractivity contribution in [1.29, 1.82) is 0 Å². The molecule has 6 heteroatoms. The summed E-state index contributed by atoms with van der Waals surface area (Å²) in [6.45, 7) is 6.10. The molecule has 2 aliphatic heterocycles. The number of aliphatic hydroxyl groups excluding tert-OH is 1. The molecule has 2 amide bonds. The standard InChI is InChI=1S/C19H30N4O2/c1-15(24)17-3-2-10-23(14-17)19(25)21-13-16-6-11-22(12-7-16)18-4-8-20-9-5-18/h4-5,8-9,15-17,24H,2-3,6-7,10-14H2,1H3,(H,21,25). The van der Waals surface area contributed by atoms with E-state index < -0.39 is 0 Å². The molecule has 0 aliphatic carbocycles. The summed E-state index contributed by atoms with van der Waals surface area (Å²) < 4.78 is 0. The van der Waals surface area contributed by atoms with Gasteiger partial charge in [-0.05, 0) is 50.7 Å². The summed E-state index contributed by atoms with van der Waals surface area (Å²) in [5.41, 5.74) is 1.23. The van der Waals surface area contributed by atoms with Crippen LogP contribution in [-0.2, 0) is 0 Å². The lowest BCUT2D eigenvalue weighted by molar-refractivity contribution is 0.0736. The van der Waals surface area contributed by atoms with Crippen molar-refractivity contribution in [2.45, 2.75) is 38.7 Å². The number of nitrogens with one attached hydrogen (secondary N) is 1. The second-order valence-electron chi connectivity index (χ2n) is 7.41. The van der Waals surface area contributed by atoms with Crippen LogP contribution < -0.4 is 10.2 Å². The van der Waals surface area contributed by atoms with Gasteiger partial charge < -0.3 is 20.2 Å². The van der Waals surface area contributed by atoms with Gasteiger partial charge in [-0.1, -0.05) is 0 Å². The third kappa shape index (κ3) is 4.84. The van der Waals surface area contributed by atoms with Crippen LogP contribution in [0.1, 0.15) is 32.6 Å². The first kappa shape index (κ1) is 18.0. The predicted molar refractivity (Wildman–Crippen MR) is 98.6 cm³/mol. The van der Waals surface area contributed by atoms with Crippen LogP contribution in [0.3, 0.4) is 0 Å². The number of nitrogens with zero attached hydrogens (tertiary/aromatic N) is 3. The fraction of sp³-hybridized carbons (Fsp3) is 0.684. The van der Waals surface area contributed by atoms with Crippen molar-refractivity contribution >= 4 is 11.7 Å². The van der Waals surface area contributed by atoms with E-state index in [1.807, 2.05) is 24.2 Å². The zero-order chi connectivity index (χ0) is 17.6. The van der Waals surface area contributed by atoms with E-state index in [9.17, 15) is 9.90 Å². The Hall–Kier alpha value is -1.82. The zero-order valence-electron chi connectivity index (χ0n) is 15.1. The summed E-state index contributed by atoms with van der Waals surface area (Å²) >= 11 is 0. The highest BCUT2D eigenvalue weighted by molar-refractivity contribution is 5.74. The minimum atomic E-state index is -0.340. The molecule has 2 aliphatic rings. The number of piperidine rings is 2. The molecule has 2 saturated heterocycles. The van der Waals surface area contributed by atoms with Crippen LogP contribution in [0.15, 0.2) is 24.5 Å². The van der Waals surface area contributed by atoms with E-state index in [1.165, 1.54) is 5.69 Å². The molecule has 0 radical (unpaired) electrons. The quantitative estimate of drug-likeness (QED) is 0.876. The highest BCUT2D eigenvalue weighted by atomic mass is 16.3. The molecule has 0 bridgehead atoms. The van der Waals surface area contributed by atoms with Crippen LogP contribution in [0.5, 0.6) is 0 Å². The summed E-state index contributed by atoms with van der Waals surface area (Å²) in [4.78, 5) is 20.7. The molecule has 0 spiro atoms. The maximum absolute atomic E-state index is 12.4. The molecule has 25 heavy (non-hydrogen) atoms. The molecule has 2 atom stereocenters. The summed E-state index contributed by atoms with van der Waals surface area (Å²) in [6.07, 6.45) is 7.51. The van der Waals surface area contributed by atoms with Crippen LogP contribution in [0.2, 0.25) is 0 Å². The summed E-state index contributed by atoms with van der Waals surface area (Å²) in [5.74, 6) is 0.752. The SMILES string of the molecule is CC(O)C1CCCN(C(=O)NCC2CCN(c3ccncc3)CC2)C1. The first-order valence-corrected chi connectivity index (χ1v) is 9.49. The highest BCUT2D eigenvalue weighted by Gasteiger charge is 2.27. The van der Waals surface area contributed by atoms with Crippen LogP contribution in [-0.4, -0.2) is 59.8 Å². The molecule has 3 heterocycles. The number of pyridine rings is 1. The van der Waals surface area contributed by atoms with Gasteiger partial charge in [0.15, 0.2) is 0 Å². The Morgan fingerprint density at radius 3 is 2.68 bits per heavy atom. The molecule has 3 rings (SSSR count). The molecule has 0 saturated carbocycles. The number of hydrogen-bond donors (Lipinski definition) is 2. The lowest BCUT2D eigenvalue weighted by Gasteiger charge is -2.36. The second-order valence-corrected chi connectivity index (χ2v) is 7.41. The normalized spacial score (nSPS) is 23.4. The zero-order valence-corrected chi connectivity index (χ0v) is 15.1. The van der Waals surface area contributed by atoms with Crippen LogP contribution in [0.25, 0.3) is 0 Å². The van der Waals surface area contributed by atoms with E-state index in [0.717, 1.165) is 51.9 Å². The Morgan fingerprint density at radius 2 is 2.00 bits per heavy atom. The minimum absolute atomic E-state index is 0.0295. The molecule has 2 N–H and O–H groups in total.